The minimum atomic E-state index is -0.201. The molecule has 0 aliphatic carbocycles. The average Bonchev–Trinajstić information content (AvgIpc) is 3.43. The first-order chi connectivity index (χ1) is 14.0. The monoisotopic (exact) mass is 393 g/mol. The third-order valence-corrected chi connectivity index (χ3v) is 4.17. The summed E-state index contributed by atoms with van der Waals surface area (Å²) in [4.78, 5) is 18.5. The zero-order valence-corrected chi connectivity index (χ0v) is 16.2. The van der Waals surface area contributed by atoms with E-state index in [-0.39, 0.29) is 12.3 Å². The van der Waals surface area contributed by atoms with Crippen molar-refractivity contribution >= 4 is 17.6 Å². The Labute approximate surface area is 166 Å². The number of aryl methyl sites for hydroxylation is 1. The molecule has 9 heteroatoms. The number of aromatic nitrogens is 3. The predicted molar refractivity (Wildman–Crippen MR) is 105 cm³/mol. The molecule has 0 spiro atoms. The fraction of sp³-hybridized carbons (Fsp3) is 0.200. The van der Waals surface area contributed by atoms with Gasteiger partial charge in [-0.25, -0.2) is 4.98 Å². The Morgan fingerprint density at radius 3 is 2.52 bits per heavy atom. The van der Waals surface area contributed by atoms with E-state index in [0.29, 0.717) is 40.7 Å². The van der Waals surface area contributed by atoms with Crippen LogP contribution in [0, 0.1) is 6.92 Å². The van der Waals surface area contributed by atoms with Crippen LogP contribution in [0.3, 0.4) is 0 Å². The van der Waals surface area contributed by atoms with Gasteiger partial charge in [-0.1, -0.05) is 5.10 Å². The maximum absolute atomic E-state index is 12.4. The van der Waals surface area contributed by atoms with Gasteiger partial charge in [0.15, 0.2) is 5.76 Å². The van der Waals surface area contributed by atoms with E-state index in [1.165, 1.54) is 0 Å². The first-order valence-corrected chi connectivity index (χ1v) is 8.91. The highest BCUT2D eigenvalue weighted by Crippen LogP contribution is 2.24. The Kier molecular flexibility index (Phi) is 4.86. The standard InChI is InChI=1S/C20H19N5O4/c1-12-15(22-19(28-12)16-5-4-10-27-16)11-17(26)21-14-8-6-13(7-9-14)18-23-24-20(29-18)25(2)3/h4-10H,11H2,1-3H3,(H,21,26). The van der Waals surface area contributed by atoms with Crippen LogP contribution in [0.25, 0.3) is 23.1 Å². The fourth-order valence-corrected chi connectivity index (χ4v) is 2.66. The van der Waals surface area contributed by atoms with Crippen LogP contribution in [0.5, 0.6) is 0 Å². The lowest BCUT2D eigenvalue weighted by Gasteiger charge is -2.05. The largest absolute Gasteiger partial charge is 0.459 e. The van der Waals surface area contributed by atoms with Gasteiger partial charge < -0.3 is 23.5 Å². The Hall–Kier alpha value is -3.88. The van der Waals surface area contributed by atoms with E-state index < -0.39 is 0 Å². The molecule has 0 unspecified atom stereocenters. The number of nitrogens with zero attached hydrogens (tertiary/aromatic N) is 4. The van der Waals surface area contributed by atoms with Gasteiger partial charge in [0.25, 0.3) is 5.89 Å². The molecular weight excluding hydrogens is 374 g/mol. The summed E-state index contributed by atoms with van der Waals surface area (Å²) in [6.07, 6.45) is 1.63. The second kappa shape index (κ2) is 7.63. The van der Waals surface area contributed by atoms with Crippen LogP contribution in [0.2, 0.25) is 0 Å². The lowest BCUT2D eigenvalue weighted by molar-refractivity contribution is -0.115. The Bertz CT molecular complexity index is 1110. The molecule has 0 saturated carbocycles. The van der Waals surface area contributed by atoms with Crippen molar-refractivity contribution in [2.24, 2.45) is 0 Å². The molecule has 1 N–H and O–H groups in total. The van der Waals surface area contributed by atoms with E-state index in [1.54, 1.807) is 54.5 Å². The van der Waals surface area contributed by atoms with Gasteiger partial charge in [0.2, 0.25) is 11.8 Å². The molecule has 0 bridgehead atoms. The summed E-state index contributed by atoms with van der Waals surface area (Å²) < 4.78 is 16.4. The molecule has 9 nitrogen and oxygen atoms in total. The highest BCUT2D eigenvalue weighted by Gasteiger charge is 2.16. The molecule has 4 aromatic rings. The van der Waals surface area contributed by atoms with Crippen LogP contribution in [-0.2, 0) is 11.2 Å². The number of oxazole rings is 1. The molecule has 4 rings (SSSR count). The summed E-state index contributed by atoms with van der Waals surface area (Å²) in [5, 5.41) is 10.8. The van der Waals surface area contributed by atoms with Crippen LogP contribution >= 0.6 is 0 Å². The first kappa shape index (κ1) is 18.5. The zero-order chi connectivity index (χ0) is 20.4. The van der Waals surface area contributed by atoms with Crippen LogP contribution in [0.15, 0.2) is 55.9 Å². The molecule has 0 radical (unpaired) electrons. The summed E-state index contributed by atoms with van der Waals surface area (Å²) in [5.41, 5.74) is 1.98. The van der Waals surface area contributed by atoms with Gasteiger partial charge in [-0.05, 0) is 43.3 Å². The van der Waals surface area contributed by atoms with Crippen LogP contribution < -0.4 is 10.2 Å². The number of furan rings is 1. The van der Waals surface area contributed by atoms with Crippen LogP contribution in [0.1, 0.15) is 11.5 Å². The highest BCUT2D eigenvalue weighted by atomic mass is 16.4. The van der Waals surface area contributed by atoms with Crippen molar-refractivity contribution in [1.29, 1.82) is 0 Å². The summed E-state index contributed by atoms with van der Waals surface area (Å²) in [7, 11) is 3.65. The SMILES string of the molecule is Cc1oc(-c2ccco2)nc1CC(=O)Nc1ccc(-c2nnc(N(C)C)o2)cc1. The molecule has 1 amide bonds. The van der Waals surface area contributed by atoms with Gasteiger partial charge >= 0.3 is 6.01 Å². The third-order valence-electron chi connectivity index (χ3n) is 4.17. The minimum absolute atomic E-state index is 0.0909. The molecule has 1 aromatic carbocycles. The minimum Gasteiger partial charge on any atom is -0.459 e. The number of hydrogen-bond acceptors (Lipinski definition) is 8. The molecule has 3 aromatic heterocycles. The van der Waals surface area contributed by atoms with E-state index >= 15 is 0 Å². The predicted octanol–water partition coefficient (Wildman–Crippen LogP) is 3.54. The van der Waals surface area contributed by atoms with E-state index in [4.69, 9.17) is 13.3 Å². The summed E-state index contributed by atoms with van der Waals surface area (Å²) in [6.45, 7) is 1.77. The van der Waals surface area contributed by atoms with Crippen LogP contribution in [-0.4, -0.2) is 35.2 Å². The normalized spacial score (nSPS) is 10.9. The Balaban J connectivity index is 1.41. The lowest BCUT2D eigenvalue weighted by Crippen LogP contribution is -2.15. The number of carbonyl (C=O) groups is 1. The van der Waals surface area contributed by atoms with Crippen molar-refractivity contribution in [2.45, 2.75) is 13.3 Å². The van der Waals surface area contributed by atoms with Crippen molar-refractivity contribution in [3.05, 3.63) is 54.1 Å². The van der Waals surface area contributed by atoms with Gasteiger partial charge in [-0.3, -0.25) is 4.79 Å². The highest BCUT2D eigenvalue weighted by molar-refractivity contribution is 5.92. The van der Waals surface area contributed by atoms with E-state index in [0.717, 1.165) is 5.56 Å². The van der Waals surface area contributed by atoms with Crippen LogP contribution in [0.4, 0.5) is 11.7 Å². The van der Waals surface area contributed by atoms with Crippen molar-refractivity contribution in [2.75, 3.05) is 24.3 Å². The van der Waals surface area contributed by atoms with Crippen molar-refractivity contribution in [1.82, 2.24) is 15.2 Å². The van der Waals surface area contributed by atoms with E-state index in [2.05, 4.69) is 20.5 Å². The molecule has 3 heterocycles. The van der Waals surface area contributed by atoms with E-state index in [1.807, 2.05) is 14.1 Å². The number of benzene rings is 1. The molecule has 0 aliphatic heterocycles. The van der Waals surface area contributed by atoms with Crippen molar-refractivity contribution < 1.29 is 18.0 Å². The van der Waals surface area contributed by atoms with Gasteiger partial charge in [0.05, 0.1) is 18.4 Å². The third kappa shape index (κ3) is 4.03. The second-order valence-electron chi connectivity index (χ2n) is 6.59. The average molecular weight is 393 g/mol. The van der Waals surface area contributed by atoms with Crippen molar-refractivity contribution in [3.8, 4) is 23.1 Å². The lowest BCUT2D eigenvalue weighted by atomic mass is 10.2. The zero-order valence-electron chi connectivity index (χ0n) is 16.2. The quantitative estimate of drug-likeness (QED) is 0.530. The fourth-order valence-electron chi connectivity index (χ4n) is 2.66. The number of hydrogen-bond donors (Lipinski definition) is 1. The molecule has 148 valence electrons. The molecule has 0 saturated heterocycles. The van der Waals surface area contributed by atoms with Gasteiger partial charge in [0.1, 0.15) is 5.76 Å². The molecule has 0 atom stereocenters. The Morgan fingerprint density at radius 2 is 1.86 bits per heavy atom. The van der Waals surface area contributed by atoms with Gasteiger partial charge in [-0.15, -0.1) is 5.10 Å². The number of carbonyl (C=O) groups excluding carboxylic acids is 1. The maximum Gasteiger partial charge on any atom is 0.317 e. The number of rotatable bonds is 6. The number of amides is 1. The molecular formula is C20H19N5O4. The molecule has 0 fully saturated rings. The summed E-state index contributed by atoms with van der Waals surface area (Å²) >= 11 is 0. The van der Waals surface area contributed by atoms with E-state index in [9.17, 15) is 4.79 Å². The number of nitrogens with one attached hydrogen (secondary N) is 1. The smallest absolute Gasteiger partial charge is 0.317 e. The van der Waals surface area contributed by atoms with Crippen molar-refractivity contribution in [3.63, 3.8) is 0 Å². The molecule has 29 heavy (non-hydrogen) atoms. The number of anilines is 2. The van der Waals surface area contributed by atoms with Gasteiger partial charge in [0, 0.05) is 25.3 Å². The summed E-state index contributed by atoms with van der Waals surface area (Å²) in [5.74, 6) is 1.67. The second-order valence-corrected chi connectivity index (χ2v) is 6.59. The topological polar surface area (TPSA) is 110 Å². The Morgan fingerprint density at radius 1 is 1.07 bits per heavy atom. The first-order valence-electron chi connectivity index (χ1n) is 8.91. The molecule has 0 aliphatic rings. The summed E-state index contributed by atoms with van der Waals surface area (Å²) in [6, 6.07) is 11.1. The maximum atomic E-state index is 12.4. The van der Waals surface area contributed by atoms with Gasteiger partial charge in [-0.2, -0.15) is 0 Å².